The number of hydrogen-bond donors (Lipinski definition) is 1. The molecule has 0 radical (unpaired) electrons. The van der Waals surface area contributed by atoms with E-state index in [1.165, 1.54) is 6.07 Å². The molecule has 0 fully saturated rings. The molecule has 1 aromatic carbocycles. The SMILES string of the molecule is CCOCCC(=O)N1CCOc2c(C(=O)O)cccc21. The molecule has 108 valence electrons. The van der Waals surface area contributed by atoms with Crippen LogP contribution in [-0.4, -0.2) is 43.3 Å². The minimum Gasteiger partial charge on any atom is -0.489 e. The molecule has 6 nitrogen and oxygen atoms in total. The van der Waals surface area contributed by atoms with Crippen LogP contribution < -0.4 is 9.64 Å². The first-order valence-corrected chi connectivity index (χ1v) is 6.52. The van der Waals surface area contributed by atoms with Crippen LogP contribution in [-0.2, 0) is 9.53 Å². The van der Waals surface area contributed by atoms with Gasteiger partial charge in [-0.25, -0.2) is 4.79 Å². The third kappa shape index (κ3) is 2.91. The Morgan fingerprint density at radius 3 is 2.95 bits per heavy atom. The number of hydrogen-bond acceptors (Lipinski definition) is 4. The van der Waals surface area contributed by atoms with Crippen LogP contribution in [0.1, 0.15) is 23.7 Å². The fraction of sp³-hybridized carbons (Fsp3) is 0.429. The van der Waals surface area contributed by atoms with Crippen LogP contribution in [0.2, 0.25) is 0 Å². The van der Waals surface area contributed by atoms with Gasteiger partial charge in [0.25, 0.3) is 0 Å². The van der Waals surface area contributed by atoms with Gasteiger partial charge in [-0.1, -0.05) is 6.07 Å². The first-order chi connectivity index (χ1) is 9.65. The summed E-state index contributed by atoms with van der Waals surface area (Å²) in [6, 6.07) is 4.77. The second kappa shape index (κ2) is 6.38. The van der Waals surface area contributed by atoms with Crippen molar-refractivity contribution < 1.29 is 24.2 Å². The maximum Gasteiger partial charge on any atom is 0.339 e. The van der Waals surface area contributed by atoms with Gasteiger partial charge in [0, 0.05) is 6.61 Å². The Morgan fingerprint density at radius 2 is 2.25 bits per heavy atom. The molecule has 1 aromatic rings. The first kappa shape index (κ1) is 14.3. The van der Waals surface area contributed by atoms with Crippen LogP contribution in [0.15, 0.2) is 18.2 Å². The van der Waals surface area contributed by atoms with Crippen molar-refractivity contribution in [3.63, 3.8) is 0 Å². The summed E-state index contributed by atoms with van der Waals surface area (Å²) in [6.07, 6.45) is 0.268. The monoisotopic (exact) mass is 279 g/mol. The summed E-state index contributed by atoms with van der Waals surface area (Å²) in [5.74, 6) is -0.896. The quantitative estimate of drug-likeness (QED) is 0.827. The molecule has 20 heavy (non-hydrogen) atoms. The van der Waals surface area contributed by atoms with Crippen LogP contribution >= 0.6 is 0 Å². The summed E-state index contributed by atoms with van der Waals surface area (Å²) >= 11 is 0. The first-order valence-electron chi connectivity index (χ1n) is 6.52. The highest BCUT2D eigenvalue weighted by Crippen LogP contribution is 2.35. The van der Waals surface area contributed by atoms with E-state index in [9.17, 15) is 9.59 Å². The van der Waals surface area contributed by atoms with Crippen molar-refractivity contribution in [2.75, 3.05) is 31.3 Å². The molecule has 2 rings (SSSR count). The van der Waals surface area contributed by atoms with Crippen LogP contribution in [0.25, 0.3) is 0 Å². The van der Waals surface area contributed by atoms with Crippen LogP contribution in [0, 0.1) is 0 Å². The lowest BCUT2D eigenvalue weighted by Crippen LogP contribution is -2.38. The second-order valence-electron chi connectivity index (χ2n) is 4.30. The van der Waals surface area contributed by atoms with E-state index in [4.69, 9.17) is 14.6 Å². The highest BCUT2D eigenvalue weighted by atomic mass is 16.5. The number of carbonyl (C=O) groups is 2. The molecule has 1 heterocycles. The minimum atomic E-state index is -1.06. The average Bonchev–Trinajstić information content (AvgIpc) is 2.46. The van der Waals surface area contributed by atoms with Gasteiger partial charge in [0.2, 0.25) is 5.91 Å². The molecule has 1 N–H and O–H groups in total. The molecule has 6 heteroatoms. The number of aromatic carboxylic acids is 1. The van der Waals surface area contributed by atoms with Crippen molar-refractivity contribution in [1.29, 1.82) is 0 Å². The number of benzene rings is 1. The van der Waals surface area contributed by atoms with E-state index in [-0.39, 0.29) is 30.2 Å². The highest BCUT2D eigenvalue weighted by molar-refractivity contribution is 6.00. The Morgan fingerprint density at radius 1 is 1.45 bits per heavy atom. The Balaban J connectivity index is 2.22. The van der Waals surface area contributed by atoms with Gasteiger partial charge in [-0.3, -0.25) is 4.79 Å². The molecule has 0 spiro atoms. The molecular formula is C14H17NO5. The van der Waals surface area contributed by atoms with Gasteiger partial charge < -0.3 is 19.5 Å². The summed E-state index contributed by atoms with van der Waals surface area (Å²) in [4.78, 5) is 24.9. The van der Waals surface area contributed by atoms with Gasteiger partial charge in [-0.05, 0) is 19.1 Å². The van der Waals surface area contributed by atoms with E-state index in [0.717, 1.165) is 0 Å². The predicted molar refractivity (Wildman–Crippen MR) is 72.4 cm³/mol. The van der Waals surface area contributed by atoms with Gasteiger partial charge >= 0.3 is 5.97 Å². The molecule has 0 unspecified atom stereocenters. The van der Waals surface area contributed by atoms with Crippen molar-refractivity contribution >= 4 is 17.6 Å². The minimum absolute atomic E-state index is 0.0739. The Labute approximate surface area is 116 Å². The number of rotatable bonds is 5. The molecular weight excluding hydrogens is 262 g/mol. The van der Waals surface area contributed by atoms with Gasteiger partial charge in [0.1, 0.15) is 12.2 Å². The van der Waals surface area contributed by atoms with Gasteiger partial charge in [0.15, 0.2) is 5.75 Å². The molecule has 0 saturated carbocycles. The molecule has 0 saturated heterocycles. The fourth-order valence-corrected chi connectivity index (χ4v) is 2.11. The van der Waals surface area contributed by atoms with E-state index < -0.39 is 5.97 Å². The smallest absolute Gasteiger partial charge is 0.339 e. The van der Waals surface area contributed by atoms with Crippen LogP contribution in [0.3, 0.4) is 0 Å². The van der Waals surface area contributed by atoms with E-state index in [0.29, 0.717) is 25.4 Å². The average molecular weight is 279 g/mol. The maximum absolute atomic E-state index is 12.2. The molecule has 0 bridgehead atoms. The normalized spacial score (nSPS) is 13.6. The van der Waals surface area contributed by atoms with E-state index in [1.807, 2.05) is 6.92 Å². The van der Waals surface area contributed by atoms with Crippen molar-refractivity contribution in [3.8, 4) is 5.75 Å². The molecule has 0 atom stereocenters. The van der Waals surface area contributed by atoms with Gasteiger partial charge in [0.05, 0.1) is 25.3 Å². The lowest BCUT2D eigenvalue weighted by atomic mass is 10.1. The summed E-state index contributed by atoms with van der Waals surface area (Å²) < 4.78 is 10.6. The fourth-order valence-electron chi connectivity index (χ4n) is 2.11. The van der Waals surface area contributed by atoms with E-state index >= 15 is 0 Å². The number of carboxylic acid groups (broad SMARTS) is 1. The number of nitrogens with zero attached hydrogens (tertiary/aromatic N) is 1. The van der Waals surface area contributed by atoms with Crippen molar-refractivity contribution in [2.45, 2.75) is 13.3 Å². The number of ether oxygens (including phenoxy) is 2. The predicted octanol–water partition coefficient (Wildman–Crippen LogP) is 1.54. The Bertz CT molecular complexity index is 514. The molecule has 0 aliphatic carbocycles. The summed E-state index contributed by atoms with van der Waals surface area (Å²) in [5, 5.41) is 9.14. The highest BCUT2D eigenvalue weighted by Gasteiger charge is 2.27. The zero-order chi connectivity index (χ0) is 14.5. The standard InChI is InChI=1S/C14H17NO5/c1-2-19-8-6-12(16)15-7-9-20-13-10(14(17)18)4-3-5-11(13)15/h3-5H,2,6-9H2,1H3,(H,17,18). The second-order valence-corrected chi connectivity index (χ2v) is 4.30. The summed E-state index contributed by atoms with van der Waals surface area (Å²) in [7, 11) is 0. The van der Waals surface area contributed by atoms with Crippen LogP contribution in [0.5, 0.6) is 5.75 Å². The molecule has 1 aliphatic rings. The third-order valence-corrected chi connectivity index (χ3v) is 3.04. The van der Waals surface area contributed by atoms with Gasteiger partial charge in [-0.15, -0.1) is 0 Å². The lowest BCUT2D eigenvalue weighted by molar-refractivity contribution is -0.119. The number of para-hydroxylation sites is 1. The number of carboxylic acids is 1. The molecule has 0 aromatic heterocycles. The van der Waals surface area contributed by atoms with Crippen LogP contribution in [0.4, 0.5) is 5.69 Å². The zero-order valence-electron chi connectivity index (χ0n) is 11.3. The van der Waals surface area contributed by atoms with E-state index in [2.05, 4.69) is 0 Å². The number of amides is 1. The number of fused-ring (bicyclic) bond motifs is 1. The lowest BCUT2D eigenvalue weighted by Gasteiger charge is -2.30. The Kier molecular flexibility index (Phi) is 4.57. The summed E-state index contributed by atoms with van der Waals surface area (Å²) in [6.45, 7) is 3.50. The largest absolute Gasteiger partial charge is 0.489 e. The van der Waals surface area contributed by atoms with Crippen molar-refractivity contribution in [3.05, 3.63) is 23.8 Å². The van der Waals surface area contributed by atoms with Crippen molar-refractivity contribution in [2.24, 2.45) is 0 Å². The molecule has 1 amide bonds. The van der Waals surface area contributed by atoms with Gasteiger partial charge in [-0.2, -0.15) is 0 Å². The zero-order valence-corrected chi connectivity index (χ0v) is 11.3. The summed E-state index contributed by atoms with van der Waals surface area (Å²) in [5.41, 5.74) is 0.586. The Hall–Kier alpha value is -2.08. The maximum atomic E-state index is 12.2. The number of anilines is 1. The topological polar surface area (TPSA) is 76.1 Å². The van der Waals surface area contributed by atoms with Crippen molar-refractivity contribution in [1.82, 2.24) is 0 Å². The number of carbonyl (C=O) groups excluding carboxylic acids is 1. The van der Waals surface area contributed by atoms with E-state index in [1.54, 1.807) is 17.0 Å². The molecule has 1 aliphatic heterocycles. The third-order valence-electron chi connectivity index (χ3n) is 3.04.